The van der Waals surface area contributed by atoms with E-state index >= 15 is 0 Å². The Kier molecular flexibility index (Phi) is 6.69. The molecule has 5 nitrogen and oxygen atoms in total. The van der Waals surface area contributed by atoms with Gasteiger partial charge in [0.15, 0.2) is 0 Å². The normalized spacial score (nSPS) is 13.9. The van der Waals surface area contributed by atoms with Gasteiger partial charge in [-0.1, -0.05) is 25.1 Å². The summed E-state index contributed by atoms with van der Waals surface area (Å²) in [5.41, 5.74) is 4.73. The lowest BCUT2D eigenvalue weighted by molar-refractivity contribution is -0.114. The van der Waals surface area contributed by atoms with Crippen LogP contribution in [-0.4, -0.2) is 36.3 Å². The molecular weight excluding hydrogens is 350 g/mol. The number of likely N-dealkylation sites (tertiary alicyclic amines) is 1. The van der Waals surface area contributed by atoms with E-state index in [2.05, 4.69) is 23.6 Å². The van der Waals surface area contributed by atoms with Crippen LogP contribution in [0, 0.1) is 6.92 Å². The summed E-state index contributed by atoms with van der Waals surface area (Å²) in [6.07, 6.45) is 4.27. The lowest BCUT2D eigenvalue weighted by Gasteiger charge is -2.26. The van der Waals surface area contributed by atoms with Gasteiger partial charge in [0.05, 0.1) is 6.54 Å². The SMILES string of the molecule is CCc1cccc(C)c1NCC(=O)Nc1ccc(C(=O)N2CCCCC2)cc1. The molecule has 0 radical (unpaired) electrons. The molecule has 0 spiro atoms. The Morgan fingerprint density at radius 3 is 2.39 bits per heavy atom. The highest BCUT2D eigenvalue weighted by Crippen LogP contribution is 2.21. The summed E-state index contributed by atoms with van der Waals surface area (Å²) < 4.78 is 0. The van der Waals surface area contributed by atoms with E-state index in [1.54, 1.807) is 24.3 Å². The molecule has 2 aromatic carbocycles. The van der Waals surface area contributed by atoms with Gasteiger partial charge in [0.1, 0.15) is 0 Å². The molecule has 0 atom stereocenters. The number of amides is 2. The second kappa shape index (κ2) is 9.40. The molecule has 1 aliphatic rings. The summed E-state index contributed by atoms with van der Waals surface area (Å²) in [4.78, 5) is 26.7. The van der Waals surface area contributed by atoms with E-state index in [-0.39, 0.29) is 18.4 Å². The van der Waals surface area contributed by atoms with Gasteiger partial charge in [-0.15, -0.1) is 0 Å². The first-order chi connectivity index (χ1) is 13.6. The summed E-state index contributed by atoms with van der Waals surface area (Å²) in [6.45, 7) is 6.01. The van der Waals surface area contributed by atoms with Crippen LogP contribution in [0.1, 0.15) is 47.7 Å². The molecule has 1 fully saturated rings. The summed E-state index contributed by atoms with van der Waals surface area (Å²) in [5.74, 6) is -0.0358. The van der Waals surface area contributed by atoms with Crippen LogP contribution in [0.2, 0.25) is 0 Å². The van der Waals surface area contributed by atoms with Gasteiger partial charge in [-0.3, -0.25) is 9.59 Å². The molecule has 1 saturated heterocycles. The Morgan fingerprint density at radius 2 is 1.71 bits per heavy atom. The van der Waals surface area contributed by atoms with Gasteiger partial charge < -0.3 is 15.5 Å². The van der Waals surface area contributed by atoms with Gasteiger partial charge >= 0.3 is 0 Å². The molecule has 3 rings (SSSR count). The van der Waals surface area contributed by atoms with E-state index in [9.17, 15) is 9.59 Å². The lowest BCUT2D eigenvalue weighted by atomic mass is 10.1. The van der Waals surface area contributed by atoms with Crippen LogP contribution in [0.5, 0.6) is 0 Å². The minimum atomic E-state index is -0.111. The predicted octanol–water partition coefficient (Wildman–Crippen LogP) is 4.23. The van der Waals surface area contributed by atoms with Crippen LogP contribution < -0.4 is 10.6 Å². The predicted molar refractivity (Wildman–Crippen MR) is 114 cm³/mol. The Bertz CT molecular complexity index is 824. The number of hydrogen-bond donors (Lipinski definition) is 2. The van der Waals surface area contributed by atoms with Crippen molar-refractivity contribution in [1.82, 2.24) is 4.90 Å². The maximum Gasteiger partial charge on any atom is 0.253 e. The monoisotopic (exact) mass is 379 g/mol. The van der Waals surface area contributed by atoms with Crippen LogP contribution in [-0.2, 0) is 11.2 Å². The van der Waals surface area contributed by atoms with Crippen molar-refractivity contribution in [1.29, 1.82) is 0 Å². The van der Waals surface area contributed by atoms with Crippen molar-refractivity contribution in [3.05, 3.63) is 59.2 Å². The number of carbonyl (C=O) groups excluding carboxylic acids is 2. The fourth-order valence-electron chi connectivity index (χ4n) is 3.63. The van der Waals surface area contributed by atoms with E-state index in [4.69, 9.17) is 0 Å². The Balaban J connectivity index is 1.55. The molecule has 0 saturated carbocycles. The highest BCUT2D eigenvalue weighted by molar-refractivity contribution is 5.96. The molecule has 148 valence electrons. The maximum absolute atomic E-state index is 12.5. The third kappa shape index (κ3) is 4.91. The molecule has 2 amide bonds. The topological polar surface area (TPSA) is 61.4 Å². The molecule has 0 unspecified atom stereocenters. The largest absolute Gasteiger partial charge is 0.376 e. The molecule has 1 aliphatic heterocycles. The summed E-state index contributed by atoms with van der Waals surface area (Å²) in [5, 5.41) is 6.14. The highest BCUT2D eigenvalue weighted by atomic mass is 16.2. The maximum atomic E-state index is 12.5. The number of nitrogens with zero attached hydrogens (tertiary/aromatic N) is 1. The van der Waals surface area contributed by atoms with E-state index in [0.717, 1.165) is 43.6 Å². The Morgan fingerprint density at radius 1 is 1.00 bits per heavy atom. The zero-order valence-corrected chi connectivity index (χ0v) is 16.8. The van der Waals surface area contributed by atoms with Crippen molar-refractivity contribution in [2.45, 2.75) is 39.5 Å². The second-order valence-corrected chi connectivity index (χ2v) is 7.29. The van der Waals surface area contributed by atoms with Crippen LogP contribution in [0.15, 0.2) is 42.5 Å². The number of rotatable bonds is 6. The second-order valence-electron chi connectivity index (χ2n) is 7.29. The Hall–Kier alpha value is -2.82. The number of carbonyl (C=O) groups is 2. The first-order valence-electron chi connectivity index (χ1n) is 10.1. The van der Waals surface area contributed by atoms with E-state index in [1.165, 1.54) is 12.0 Å². The molecule has 0 aliphatic carbocycles. The minimum absolute atomic E-state index is 0.0749. The number of hydrogen-bond acceptors (Lipinski definition) is 3. The van der Waals surface area contributed by atoms with Gasteiger partial charge in [0, 0.05) is 30.0 Å². The number of para-hydroxylation sites is 1. The van der Waals surface area contributed by atoms with Gasteiger partial charge in [-0.2, -0.15) is 0 Å². The lowest BCUT2D eigenvalue weighted by Crippen LogP contribution is -2.35. The first kappa shape index (κ1) is 19.9. The zero-order valence-electron chi connectivity index (χ0n) is 16.8. The van der Waals surface area contributed by atoms with E-state index in [0.29, 0.717) is 11.3 Å². The number of piperidine rings is 1. The molecule has 28 heavy (non-hydrogen) atoms. The summed E-state index contributed by atoms with van der Waals surface area (Å²) in [7, 11) is 0. The third-order valence-corrected chi connectivity index (χ3v) is 5.22. The first-order valence-corrected chi connectivity index (χ1v) is 10.1. The van der Waals surface area contributed by atoms with Gasteiger partial charge in [0.2, 0.25) is 5.91 Å². The smallest absolute Gasteiger partial charge is 0.253 e. The van der Waals surface area contributed by atoms with Crippen LogP contribution in [0.25, 0.3) is 0 Å². The van der Waals surface area contributed by atoms with Crippen molar-refractivity contribution in [2.75, 3.05) is 30.3 Å². The molecule has 1 heterocycles. The summed E-state index contributed by atoms with van der Waals surface area (Å²) in [6, 6.07) is 13.3. The standard InChI is InChI=1S/C23H29N3O2/c1-3-18-9-7-8-17(2)22(18)24-16-21(27)25-20-12-10-19(11-13-20)23(28)26-14-5-4-6-15-26/h7-13,24H,3-6,14-16H2,1-2H3,(H,25,27). The number of nitrogens with one attached hydrogen (secondary N) is 2. The molecule has 0 aromatic heterocycles. The molecule has 2 N–H and O–H groups in total. The van der Waals surface area contributed by atoms with E-state index < -0.39 is 0 Å². The van der Waals surface area contributed by atoms with Crippen molar-refractivity contribution in [2.24, 2.45) is 0 Å². The van der Waals surface area contributed by atoms with Crippen molar-refractivity contribution < 1.29 is 9.59 Å². The number of aryl methyl sites for hydroxylation is 2. The quantitative estimate of drug-likeness (QED) is 0.789. The Labute approximate surface area is 167 Å². The third-order valence-electron chi connectivity index (χ3n) is 5.22. The van der Waals surface area contributed by atoms with Crippen molar-refractivity contribution in [3.63, 3.8) is 0 Å². The van der Waals surface area contributed by atoms with Crippen molar-refractivity contribution in [3.8, 4) is 0 Å². The number of benzene rings is 2. The van der Waals surface area contributed by atoms with Crippen LogP contribution >= 0.6 is 0 Å². The average molecular weight is 380 g/mol. The van der Waals surface area contributed by atoms with E-state index in [1.807, 2.05) is 24.0 Å². The highest BCUT2D eigenvalue weighted by Gasteiger charge is 2.18. The zero-order chi connectivity index (χ0) is 19.9. The van der Waals surface area contributed by atoms with Gasteiger partial charge in [0.25, 0.3) is 5.91 Å². The molecule has 2 aromatic rings. The number of anilines is 2. The summed E-state index contributed by atoms with van der Waals surface area (Å²) >= 11 is 0. The molecule has 5 heteroatoms. The van der Waals surface area contributed by atoms with Crippen LogP contribution in [0.4, 0.5) is 11.4 Å². The van der Waals surface area contributed by atoms with Gasteiger partial charge in [-0.25, -0.2) is 0 Å². The fraction of sp³-hybridized carbons (Fsp3) is 0.391. The van der Waals surface area contributed by atoms with Gasteiger partial charge in [-0.05, 0) is 68.0 Å². The van der Waals surface area contributed by atoms with Crippen LogP contribution in [0.3, 0.4) is 0 Å². The molecular formula is C23H29N3O2. The fourth-order valence-corrected chi connectivity index (χ4v) is 3.63. The molecule has 0 bridgehead atoms. The average Bonchev–Trinajstić information content (AvgIpc) is 2.73. The van der Waals surface area contributed by atoms with Crippen molar-refractivity contribution >= 4 is 23.2 Å². The minimum Gasteiger partial charge on any atom is -0.376 e.